The van der Waals surface area contributed by atoms with E-state index in [2.05, 4.69) is 9.98 Å². The number of rotatable bonds is 10. The van der Waals surface area contributed by atoms with Gasteiger partial charge in [-0.15, -0.1) is 0 Å². The zero-order valence-electron chi connectivity index (χ0n) is 15.2. The maximum Gasteiger partial charge on any atom is 0.337 e. The van der Waals surface area contributed by atoms with Gasteiger partial charge in [-0.2, -0.15) is 0 Å². The first-order valence-electron chi connectivity index (χ1n) is 8.30. The average Bonchev–Trinajstić information content (AvgIpc) is 3.03. The fourth-order valence-corrected chi connectivity index (χ4v) is 2.13. The number of aromatic hydroxyl groups is 1. The van der Waals surface area contributed by atoms with Crippen LogP contribution in [-0.2, 0) is 23.7 Å². The van der Waals surface area contributed by atoms with Crippen LogP contribution in [0.15, 0.2) is 17.1 Å². The SMILES string of the molecule is CCOC(=O)C1(C)COC(c2nc(OCCOCCOC)ccc2O)=N1. The Morgan fingerprint density at radius 2 is 2.08 bits per heavy atom. The van der Waals surface area contributed by atoms with Gasteiger partial charge < -0.3 is 28.8 Å². The number of hydrogen-bond acceptors (Lipinski definition) is 9. The molecule has 26 heavy (non-hydrogen) atoms. The van der Waals surface area contributed by atoms with Gasteiger partial charge in [-0.05, 0) is 19.9 Å². The molecule has 1 aliphatic rings. The van der Waals surface area contributed by atoms with Crippen molar-refractivity contribution in [2.75, 3.05) is 46.8 Å². The first kappa shape index (κ1) is 19.9. The molecule has 2 heterocycles. The highest BCUT2D eigenvalue weighted by molar-refractivity contribution is 5.99. The zero-order valence-corrected chi connectivity index (χ0v) is 15.2. The van der Waals surface area contributed by atoms with Crippen LogP contribution in [-0.4, -0.2) is 74.2 Å². The van der Waals surface area contributed by atoms with Crippen LogP contribution in [0.5, 0.6) is 11.6 Å². The van der Waals surface area contributed by atoms with E-state index in [1.807, 2.05) is 0 Å². The van der Waals surface area contributed by atoms with E-state index in [9.17, 15) is 9.90 Å². The first-order chi connectivity index (χ1) is 12.5. The van der Waals surface area contributed by atoms with Crippen molar-refractivity contribution < 1.29 is 33.6 Å². The lowest BCUT2D eigenvalue weighted by Gasteiger charge is -2.15. The van der Waals surface area contributed by atoms with E-state index in [1.165, 1.54) is 12.1 Å². The molecule has 0 bridgehead atoms. The molecule has 144 valence electrons. The molecule has 0 aromatic carbocycles. The minimum Gasteiger partial charge on any atom is -0.505 e. The minimum atomic E-state index is -1.16. The molecule has 1 aromatic rings. The molecule has 1 N–H and O–H groups in total. The number of carbonyl (C=O) groups excluding carboxylic acids is 1. The van der Waals surface area contributed by atoms with Crippen LogP contribution in [0.2, 0.25) is 0 Å². The highest BCUT2D eigenvalue weighted by Crippen LogP contribution is 2.27. The van der Waals surface area contributed by atoms with Crippen molar-refractivity contribution in [3.8, 4) is 11.6 Å². The topological polar surface area (TPSA) is 109 Å². The molecular formula is C17H24N2O7. The van der Waals surface area contributed by atoms with Gasteiger partial charge in [-0.25, -0.2) is 14.8 Å². The molecule has 9 heteroatoms. The van der Waals surface area contributed by atoms with Crippen molar-refractivity contribution >= 4 is 11.9 Å². The molecule has 1 aromatic heterocycles. The summed E-state index contributed by atoms with van der Waals surface area (Å²) in [5.41, 5.74) is -1.05. The highest BCUT2D eigenvalue weighted by atomic mass is 16.6. The summed E-state index contributed by atoms with van der Waals surface area (Å²) in [6.07, 6.45) is 0. The fraction of sp³-hybridized carbons (Fsp3) is 0.588. The van der Waals surface area contributed by atoms with E-state index in [1.54, 1.807) is 21.0 Å². The van der Waals surface area contributed by atoms with Crippen molar-refractivity contribution in [3.05, 3.63) is 17.8 Å². The standard InChI is InChI=1S/C17H24N2O7/c1-4-24-16(21)17(2)11-26-15(19-17)14-12(20)5-6-13(18-14)25-10-9-23-8-7-22-3/h5-6,20H,4,7-11H2,1-3H3. The average molecular weight is 368 g/mol. The Balaban J connectivity index is 2.02. The monoisotopic (exact) mass is 368 g/mol. The molecular weight excluding hydrogens is 344 g/mol. The van der Waals surface area contributed by atoms with Crippen LogP contribution in [0.4, 0.5) is 0 Å². The maximum atomic E-state index is 12.0. The first-order valence-corrected chi connectivity index (χ1v) is 8.30. The Hall–Kier alpha value is -2.39. The largest absolute Gasteiger partial charge is 0.505 e. The molecule has 2 rings (SSSR count). The third-order valence-corrected chi connectivity index (χ3v) is 3.51. The molecule has 1 aliphatic heterocycles. The summed E-state index contributed by atoms with van der Waals surface area (Å²) < 4.78 is 26.1. The summed E-state index contributed by atoms with van der Waals surface area (Å²) in [6, 6.07) is 2.95. The van der Waals surface area contributed by atoms with E-state index in [0.717, 1.165) is 0 Å². The number of esters is 1. The zero-order chi connectivity index (χ0) is 19.0. The number of carbonyl (C=O) groups is 1. The van der Waals surface area contributed by atoms with Gasteiger partial charge in [0.2, 0.25) is 11.8 Å². The predicted octanol–water partition coefficient (Wildman–Crippen LogP) is 0.928. The van der Waals surface area contributed by atoms with E-state index in [-0.39, 0.29) is 43.0 Å². The summed E-state index contributed by atoms with van der Waals surface area (Å²) >= 11 is 0. The third kappa shape index (κ3) is 5.06. The van der Waals surface area contributed by atoms with Gasteiger partial charge in [0.1, 0.15) is 19.0 Å². The lowest BCUT2D eigenvalue weighted by molar-refractivity contribution is -0.149. The Labute approximate surface area is 151 Å². The predicted molar refractivity (Wildman–Crippen MR) is 91.6 cm³/mol. The summed E-state index contributed by atoms with van der Waals surface area (Å²) in [5, 5.41) is 10.0. The smallest absolute Gasteiger partial charge is 0.337 e. The quantitative estimate of drug-likeness (QED) is 0.480. The van der Waals surface area contributed by atoms with E-state index >= 15 is 0 Å². The molecule has 0 aliphatic carbocycles. The lowest BCUT2D eigenvalue weighted by Crippen LogP contribution is -2.36. The van der Waals surface area contributed by atoms with Gasteiger partial charge in [0.15, 0.2) is 11.2 Å². The summed E-state index contributed by atoms with van der Waals surface area (Å²) in [7, 11) is 1.60. The second-order valence-electron chi connectivity index (χ2n) is 5.67. The Kier molecular flexibility index (Phi) is 7.16. The number of aliphatic imine (C=N–C) groups is 1. The highest BCUT2D eigenvalue weighted by Gasteiger charge is 2.42. The van der Waals surface area contributed by atoms with Crippen LogP contribution in [0.1, 0.15) is 19.5 Å². The number of ether oxygens (including phenoxy) is 5. The summed E-state index contributed by atoms with van der Waals surface area (Å²) in [6.45, 7) is 5.23. The number of pyridine rings is 1. The second kappa shape index (κ2) is 9.35. The van der Waals surface area contributed by atoms with E-state index < -0.39 is 11.5 Å². The van der Waals surface area contributed by atoms with Gasteiger partial charge in [-0.3, -0.25) is 0 Å². The Bertz CT molecular complexity index is 650. The normalized spacial score (nSPS) is 19.0. The Morgan fingerprint density at radius 3 is 2.81 bits per heavy atom. The molecule has 0 saturated carbocycles. The maximum absolute atomic E-state index is 12.0. The van der Waals surface area contributed by atoms with Crippen LogP contribution < -0.4 is 4.74 Å². The van der Waals surface area contributed by atoms with Crippen molar-refractivity contribution in [3.63, 3.8) is 0 Å². The molecule has 0 saturated heterocycles. The molecule has 9 nitrogen and oxygen atoms in total. The molecule has 0 amide bonds. The number of hydrogen-bond donors (Lipinski definition) is 1. The fourth-order valence-electron chi connectivity index (χ4n) is 2.13. The molecule has 0 fully saturated rings. The Morgan fingerprint density at radius 1 is 1.31 bits per heavy atom. The summed E-state index contributed by atoms with van der Waals surface area (Å²) in [5.74, 6) is -0.264. The second-order valence-corrected chi connectivity index (χ2v) is 5.67. The number of methoxy groups -OCH3 is 1. The van der Waals surface area contributed by atoms with Crippen LogP contribution in [0.25, 0.3) is 0 Å². The van der Waals surface area contributed by atoms with Gasteiger partial charge in [0, 0.05) is 13.2 Å². The van der Waals surface area contributed by atoms with Crippen molar-refractivity contribution in [2.45, 2.75) is 19.4 Å². The van der Waals surface area contributed by atoms with E-state index in [0.29, 0.717) is 19.8 Å². The minimum absolute atomic E-state index is 0.0146. The van der Waals surface area contributed by atoms with Crippen molar-refractivity contribution in [2.24, 2.45) is 4.99 Å². The molecule has 1 atom stereocenters. The lowest BCUT2D eigenvalue weighted by atomic mass is 10.1. The molecule has 1 unspecified atom stereocenters. The molecule has 0 spiro atoms. The van der Waals surface area contributed by atoms with Gasteiger partial charge in [0.05, 0.1) is 26.4 Å². The van der Waals surface area contributed by atoms with Gasteiger partial charge in [0.25, 0.3) is 0 Å². The van der Waals surface area contributed by atoms with Crippen molar-refractivity contribution in [1.29, 1.82) is 0 Å². The number of nitrogens with zero attached hydrogens (tertiary/aromatic N) is 2. The van der Waals surface area contributed by atoms with Gasteiger partial charge >= 0.3 is 5.97 Å². The van der Waals surface area contributed by atoms with Gasteiger partial charge in [-0.1, -0.05) is 0 Å². The summed E-state index contributed by atoms with van der Waals surface area (Å²) in [4.78, 5) is 20.4. The number of aromatic nitrogens is 1. The molecule has 0 radical (unpaired) electrons. The van der Waals surface area contributed by atoms with Crippen LogP contribution >= 0.6 is 0 Å². The third-order valence-electron chi connectivity index (χ3n) is 3.51. The van der Waals surface area contributed by atoms with Crippen molar-refractivity contribution in [1.82, 2.24) is 4.98 Å². The van der Waals surface area contributed by atoms with Crippen LogP contribution in [0.3, 0.4) is 0 Å². The van der Waals surface area contributed by atoms with E-state index in [4.69, 9.17) is 23.7 Å². The van der Waals surface area contributed by atoms with Crippen LogP contribution in [0, 0.1) is 0 Å².